The van der Waals surface area contributed by atoms with Crippen LogP contribution in [0.4, 0.5) is 0 Å². The summed E-state index contributed by atoms with van der Waals surface area (Å²) >= 11 is 3.40. The number of methoxy groups -OCH3 is 1. The monoisotopic (exact) mass is 318 g/mol. The van der Waals surface area contributed by atoms with Crippen molar-refractivity contribution in [2.24, 2.45) is 0 Å². The number of carbonyl (C=O) groups is 1. The molecular weight excluding hydrogens is 304 g/mol. The number of hydrogen-bond donors (Lipinski definition) is 0. The van der Waals surface area contributed by atoms with E-state index in [1.807, 2.05) is 24.3 Å². The van der Waals surface area contributed by atoms with E-state index in [4.69, 9.17) is 4.74 Å². The molecule has 2 rings (SSSR count). The Bertz CT molecular complexity index is 605. The van der Waals surface area contributed by atoms with Gasteiger partial charge in [0.25, 0.3) is 0 Å². The van der Waals surface area contributed by atoms with Crippen molar-refractivity contribution in [3.05, 3.63) is 63.6 Å². The highest BCUT2D eigenvalue weighted by atomic mass is 79.9. The molecule has 0 unspecified atom stereocenters. The number of benzene rings is 2. The molecule has 19 heavy (non-hydrogen) atoms. The van der Waals surface area contributed by atoms with Gasteiger partial charge in [0.05, 0.1) is 11.6 Å². The van der Waals surface area contributed by atoms with E-state index < -0.39 is 0 Å². The quantitative estimate of drug-likeness (QED) is 0.788. The van der Waals surface area contributed by atoms with Crippen molar-refractivity contribution >= 4 is 21.7 Å². The zero-order valence-electron chi connectivity index (χ0n) is 10.9. The number of rotatable bonds is 4. The Labute approximate surface area is 121 Å². The molecule has 0 spiro atoms. The summed E-state index contributed by atoms with van der Waals surface area (Å²) in [4.78, 5) is 12.4. The van der Waals surface area contributed by atoms with Gasteiger partial charge in [-0.05, 0) is 52.2 Å². The maximum absolute atomic E-state index is 12.4. The average Bonchev–Trinajstić information content (AvgIpc) is 2.46. The molecule has 2 aromatic carbocycles. The van der Waals surface area contributed by atoms with Crippen LogP contribution in [0.2, 0.25) is 0 Å². The summed E-state index contributed by atoms with van der Waals surface area (Å²) in [7, 11) is 1.60. The number of carbonyl (C=O) groups excluding carboxylic acids is 1. The van der Waals surface area contributed by atoms with Crippen LogP contribution in [-0.2, 0) is 6.42 Å². The third-order valence-electron chi connectivity index (χ3n) is 3.01. The number of aryl methyl sites for hydroxylation is 1. The van der Waals surface area contributed by atoms with E-state index in [1.165, 1.54) is 5.56 Å². The highest BCUT2D eigenvalue weighted by Crippen LogP contribution is 2.26. The average molecular weight is 319 g/mol. The first-order chi connectivity index (χ1) is 9.15. The highest BCUT2D eigenvalue weighted by Gasteiger charge is 2.11. The lowest BCUT2D eigenvalue weighted by Crippen LogP contribution is -2.02. The van der Waals surface area contributed by atoms with Crippen LogP contribution < -0.4 is 4.74 Å². The molecule has 98 valence electrons. The summed E-state index contributed by atoms with van der Waals surface area (Å²) in [6.45, 7) is 2.08. The van der Waals surface area contributed by atoms with Crippen LogP contribution in [0, 0.1) is 0 Å². The summed E-state index contributed by atoms with van der Waals surface area (Å²) in [5, 5.41) is 0. The standard InChI is InChI=1S/C16H15BrO2/c1-3-11-5-4-6-12(9-11)16(18)13-7-8-15(19-2)14(17)10-13/h4-10H,3H2,1-2H3. The number of ether oxygens (including phenoxy) is 1. The van der Waals surface area contributed by atoms with Gasteiger partial charge in [-0.2, -0.15) is 0 Å². The molecule has 0 saturated heterocycles. The molecular formula is C16H15BrO2. The van der Waals surface area contributed by atoms with E-state index in [2.05, 4.69) is 22.9 Å². The van der Waals surface area contributed by atoms with Gasteiger partial charge in [0.1, 0.15) is 5.75 Å². The number of hydrogen-bond acceptors (Lipinski definition) is 2. The van der Waals surface area contributed by atoms with Crippen LogP contribution in [0.5, 0.6) is 5.75 Å². The Morgan fingerprint density at radius 2 is 1.89 bits per heavy atom. The summed E-state index contributed by atoms with van der Waals surface area (Å²) in [6, 6.07) is 13.1. The molecule has 0 heterocycles. The van der Waals surface area contributed by atoms with Crippen LogP contribution in [0.15, 0.2) is 46.9 Å². The van der Waals surface area contributed by atoms with Crippen LogP contribution in [0.1, 0.15) is 28.4 Å². The first-order valence-electron chi connectivity index (χ1n) is 6.13. The smallest absolute Gasteiger partial charge is 0.193 e. The zero-order valence-corrected chi connectivity index (χ0v) is 12.5. The minimum atomic E-state index is 0.0265. The third kappa shape index (κ3) is 3.04. The van der Waals surface area contributed by atoms with Crippen molar-refractivity contribution in [2.45, 2.75) is 13.3 Å². The van der Waals surface area contributed by atoms with Crippen LogP contribution in [0.25, 0.3) is 0 Å². The fraction of sp³-hybridized carbons (Fsp3) is 0.188. The molecule has 0 radical (unpaired) electrons. The second kappa shape index (κ2) is 6.02. The predicted molar refractivity (Wildman–Crippen MR) is 79.9 cm³/mol. The molecule has 0 N–H and O–H groups in total. The molecule has 3 heteroatoms. The van der Waals surface area contributed by atoms with Crippen molar-refractivity contribution in [2.75, 3.05) is 7.11 Å². The van der Waals surface area contributed by atoms with Gasteiger partial charge in [-0.15, -0.1) is 0 Å². The normalized spacial score (nSPS) is 10.3. The molecule has 0 saturated carbocycles. The molecule has 0 fully saturated rings. The molecule has 2 nitrogen and oxygen atoms in total. The van der Waals surface area contributed by atoms with Crippen molar-refractivity contribution < 1.29 is 9.53 Å². The Kier molecular flexibility index (Phi) is 4.38. The van der Waals surface area contributed by atoms with E-state index >= 15 is 0 Å². The summed E-state index contributed by atoms with van der Waals surface area (Å²) in [5.74, 6) is 0.748. The lowest BCUT2D eigenvalue weighted by atomic mass is 10.0. The second-order valence-corrected chi connectivity index (χ2v) is 5.09. The van der Waals surface area contributed by atoms with E-state index in [0.717, 1.165) is 22.2 Å². The van der Waals surface area contributed by atoms with Gasteiger partial charge in [0.15, 0.2) is 5.78 Å². The van der Waals surface area contributed by atoms with Gasteiger partial charge in [-0.25, -0.2) is 0 Å². The second-order valence-electron chi connectivity index (χ2n) is 4.23. The SMILES string of the molecule is CCc1cccc(C(=O)c2ccc(OC)c(Br)c2)c1. The molecule has 0 amide bonds. The van der Waals surface area contributed by atoms with Crippen LogP contribution in [-0.4, -0.2) is 12.9 Å². The Morgan fingerprint density at radius 1 is 1.16 bits per heavy atom. The minimum Gasteiger partial charge on any atom is -0.496 e. The van der Waals surface area contributed by atoms with Gasteiger partial charge >= 0.3 is 0 Å². The number of halogens is 1. The van der Waals surface area contributed by atoms with Crippen LogP contribution in [0.3, 0.4) is 0 Å². The van der Waals surface area contributed by atoms with Crippen LogP contribution >= 0.6 is 15.9 Å². The Balaban J connectivity index is 2.35. The van der Waals surface area contributed by atoms with Gasteiger partial charge in [-0.3, -0.25) is 4.79 Å². The first kappa shape index (κ1) is 13.8. The zero-order chi connectivity index (χ0) is 13.8. The van der Waals surface area contributed by atoms with E-state index in [9.17, 15) is 4.79 Å². The topological polar surface area (TPSA) is 26.3 Å². The van der Waals surface area contributed by atoms with E-state index in [0.29, 0.717) is 5.56 Å². The molecule has 0 bridgehead atoms. The fourth-order valence-electron chi connectivity index (χ4n) is 1.91. The van der Waals surface area contributed by atoms with Crippen molar-refractivity contribution in [1.82, 2.24) is 0 Å². The molecule has 0 aliphatic rings. The predicted octanol–water partition coefficient (Wildman–Crippen LogP) is 4.25. The molecule has 0 aliphatic heterocycles. The van der Waals surface area contributed by atoms with Crippen molar-refractivity contribution in [1.29, 1.82) is 0 Å². The van der Waals surface area contributed by atoms with E-state index in [-0.39, 0.29) is 5.78 Å². The van der Waals surface area contributed by atoms with Gasteiger partial charge in [-0.1, -0.05) is 25.1 Å². The third-order valence-corrected chi connectivity index (χ3v) is 3.63. The Hall–Kier alpha value is -1.61. The fourth-order valence-corrected chi connectivity index (χ4v) is 2.45. The van der Waals surface area contributed by atoms with Gasteiger partial charge in [0, 0.05) is 11.1 Å². The molecule has 0 atom stereocenters. The minimum absolute atomic E-state index is 0.0265. The summed E-state index contributed by atoms with van der Waals surface area (Å²) in [5.41, 5.74) is 2.54. The highest BCUT2D eigenvalue weighted by molar-refractivity contribution is 9.10. The first-order valence-corrected chi connectivity index (χ1v) is 6.92. The largest absolute Gasteiger partial charge is 0.496 e. The Morgan fingerprint density at radius 3 is 2.53 bits per heavy atom. The maximum Gasteiger partial charge on any atom is 0.193 e. The number of ketones is 1. The van der Waals surface area contributed by atoms with Crippen molar-refractivity contribution in [3.8, 4) is 5.75 Å². The maximum atomic E-state index is 12.4. The van der Waals surface area contributed by atoms with E-state index in [1.54, 1.807) is 25.3 Å². The summed E-state index contributed by atoms with van der Waals surface area (Å²) in [6.07, 6.45) is 0.924. The summed E-state index contributed by atoms with van der Waals surface area (Å²) < 4.78 is 5.95. The molecule has 0 aliphatic carbocycles. The lowest BCUT2D eigenvalue weighted by molar-refractivity contribution is 0.103. The van der Waals surface area contributed by atoms with Crippen molar-refractivity contribution in [3.63, 3.8) is 0 Å². The van der Waals surface area contributed by atoms with Gasteiger partial charge < -0.3 is 4.74 Å². The molecule has 2 aromatic rings. The lowest BCUT2D eigenvalue weighted by Gasteiger charge is -2.07. The van der Waals surface area contributed by atoms with Gasteiger partial charge in [0.2, 0.25) is 0 Å². The molecule has 0 aromatic heterocycles.